The molecule has 2 bridgehead atoms. The third-order valence-corrected chi connectivity index (χ3v) is 3.91. The summed E-state index contributed by atoms with van der Waals surface area (Å²) in [4.78, 5) is 0. The van der Waals surface area contributed by atoms with Gasteiger partial charge in [-0.25, -0.2) is 0 Å². The maximum absolute atomic E-state index is 9.96. The van der Waals surface area contributed by atoms with Gasteiger partial charge in [0.05, 0.1) is 12.2 Å². The molecule has 0 aromatic carbocycles. The molecule has 0 aliphatic heterocycles. The average molecular weight is 170 g/mol. The van der Waals surface area contributed by atoms with Gasteiger partial charge in [-0.2, -0.15) is 0 Å². The molecule has 0 saturated heterocycles. The number of aliphatic hydroxyl groups is 2. The molecule has 2 fully saturated rings. The van der Waals surface area contributed by atoms with Crippen LogP contribution >= 0.6 is 0 Å². The van der Waals surface area contributed by atoms with E-state index in [0.717, 1.165) is 25.7 Å². The van der Waals surface area contributed by atoms with Gasteiger partial charge in [-0.05, 0) is 31.1 Å². The van der Waals surface area contributed by atoms with E-state index in [0.29, 0.717) is 0 Å². The Labute approximate surface area is 73.6 Å². The molecule has 0 radical (unpaired) electrons. The second-order valence-corrected chi connectivity index (χ2v) is 4.76. The van der Waals surface area contributed by atoms with Gasteiger partial charge in [-0.1, -0.05) is 13.3 Å². The molecular weight excluding hydrogens is 152 g/mol. The Morgan fingerprint density at radius 3 is 2.58 bits per heavy atom. The zero-order valence-corrected chi connectivity index (χ0v) is 7.66. The van der Waals surface area contributed by atoms with E-state index in [4.69, 9.17) is 0 Å². The first-order valence-electron chi connectivity index (χ1n) is 5.00. The number of fused-ring (bicyclic) bond motifs is 2. The van der Waals surface area contributed by atoms with Gasteiger partial charge in [0.2, 0.25) is 0 Å². The van der Waals surface area contributed by atoms with Crippen molar-refractivity contribution < 1.29 is 10.2 Å². The molecule has 0 amide bonds. The Morgan fingerprint density at radius 2 is 1.92 bits per heavy atom. The van der Waals surface area contributed by atoms with Crippen molar-refractivity contribution in [3.63, 3.8) is 0 Å². The van der Waals surface area contributed by atoms with Gasteiger partial charge in [0.25, 0.3) is 0 Å². The SMILES string of the molecule is C[C@]12CCC[C@@H]([C@H]1O)[C@@H](O)CC2. The van der Waals surface area contributed by atoms with Crippen molar-refractivity contribution in [2.75, 3.05) is 0 Å². The van der Waals surface area contributed by atoms with E-state index >= 15 is 0 Å². The van der Waals surface area contributed by atoms with Crippen molar-refractivity contribution in [3.8, 4) is 0 Å². The molecule has 2 rings (SSSR count). The third kappa shape index (κ3) is 1.09. The molecule has 2 heteroatoms. The van der Waals surface area contributed by atoms with Gasteiger partial charge in [0, 0.05) is 5.92 Å². The summed E-state index contributed by atoms with van der Waals surface area (Å²) in [5.41, 5.74) is 0.113. The summed E-state index contributed by atoms with van der Waals surface area (Å²) in [7, 11) is 0. The molecule has 70 valence electrons. The van der Waals surface area contributed by atoms with Crippen molar-refractivity contribution in [2.45, 2.75) is 51.2 Å². The first-order valence-corrected chi connectivity index (χ1v) is 5.00. The molecule has 2 saturated carbocycles. The lowest BCUT2D eigenvalue weighted by Gasteiger charge is -2.49. The van der Waals surface area contributed by atoms with Crippen LogP contribution in [0.5, 0.6) is 0 Å². The Bertz CT molecular complexity index is 181. The lowest BCUT2D eigenvalue weighted by Crippen LogP contribution is -2.50. The normalized spacial score (nSPS) is 53.8. The summed E-state index contributed by atoms with van der Waals surface area (Å²) in [5, 5.41) is 19.6. The summed E-state index contributed by atoms with van der Waals surface area (Å²) in [6.45, 7) is 2.16. The minimum atomic E-state index is -0.255. The average Bonchev–Trinajstić information content (AvgIpc) is 2.03. The molecule has 4 atom stereocenters. The molecular formula is C10H18O2. The molecule has 0 unspecified atom stereocenters. The Hall–Kier alpha value is -0.0800. The van der Waals surface area contributed by atoms with E-state index in [-0.39, 0.29) is 23.5 Å². The maximum atomic E-state index is 9.96. The smallest absolute Gasteiger partial charge is 0.0646 e. The van der Waals surface area contributed by atoms with E-state index in [2.05, 4.69) is 6.92 Å². The number of hydrogen-bond acceptors (Lipinski definition) is 2. The van der Waals surface area contributed by atoms with Crippen molar-refractivity contribution in [1.29, 1.82) is 0 Å². The van der Waals surface area contributed by atoms with Gasteiger partial charge in [-0.3, -0.25) is 0 Å². The van der Waals surface area contributed by atoms with Crippen LogP contribution in [0.4, 0.5) is 0 Å². The van der Waals surface area contributed by atoms with E-state index in [1.54, 1.807) is 0 Å². The third-order valence-electron chi connectivity index (χ3n) is 3.91. The van der Waals surface area contributed by atoms with Crippen molar-refractivity contribution in [2.24, 2.45) is 11.3 Å². The molecule has 2 aliphatic rings. The van der Waals surface area contributed by atoms with Crippen LogP contribution in [0.2, 0.25) is 0 Å². The lowest BCUT2D eigenvalue weighted by molar-refractivity contribution is -0.125. The molecule has 12 heavy (non-hydrogen) atoms. The van der Waals surface area contributed by atoms with Crippen LogP contribution in [0.1, 0.15) is 39.0 Å². The first-order chi connectivity index (χ1) is 5.63. The summed E-state index contributed by atoms with van der Waals surface area (Å²) in [6, 6.07) is 0. The molecule has 2 nitrogen and oxygen atoms in total. The monoisotopic (exact) mass is 170 g/mol. The fourth-order valence-corrected chi connectivity index (χ4v) is 2.93. The van der Waals surface area contributed by atoms with Crippen LogP contribution in [0.25, 0.3) is 0 Å². The van der Waals surface area contributed by atoms with Gasteiger partial charge in [-0.15, -0.1) is 0 Å². The standard InChI is InChI=1S/C10H18O2/c1-10-5-2-3-7(9(10)12)8(11)4-6-10/h7-9,11-12H,2-6H2,1H3/t7-,8+,9-,10-/m1/s1. The second-order valence-electron chi connectivity index (χ2n) is 4.76. The first kappa shape index (κ1) is 8.52. The zero-order chi connectivity index (χ0) is 8.77. The van der Waals surface area contributed by atoms with Crippen LogP contribution in [-0.2, 0) is 0 Å². The highest BCUT2D eigenvalue weighted by Crippen LogP contribution is 2.48. The van der Waals surface area contributed by atoms with Gasteiger partial charge in [0.15, 0.2) is 0 Å². The molecule has 0 aromatic rings. The molecule has 2 aliphatic carbocycles. The zero-order valence-electron chi connectivity index (χ0n) is 7.66. The van der Waals surface area contributed by atoms with E-state index in [1.807, 2.05) is 0 Å². The van der Waals surface area contributed by atoms with E-state index < -0.39 is 0 Å². The summed E-state index contributed by atoms with van der Waals surface area (Å²) in [6.07, 6.45) is 4.71. The summed E-state index contributed by atoms with van der Waals surface area (Å²) >= 11 is 0. The molecule has 2 N–H and O–H groups in total. The van der Waals surface area contributed by atoms with Crippen LogP contribution in [0.3, 0.4) is 0 Å². The molecule has 0 aromatic heterocycles. The van der Waals surface area contributed by atoms with Crippen LogP contribution in [0, 0.1) is 11.3 Å². The minimum Gasteiger partial charge on any atom is -0.393 e. The minimum absolute atomic E-state index is 0.113. The molecule has 0 spiro atoms. The summed E-state index contributed by atoms with van der Waals surface area (Å²) < 4.78 is 0. The van der Waals surface area contributed by atoms with Gasteiger partial charge < -0.3 is 10.2 Å². The Balaban J connectivity index is 2.19. The van der Waals surface area contributed by atoms with Crippen molar-refractivity contribution in [3.05, 3.63) is 0 Å². The predicted molar refractivity (Wildman–Crippen MR) is 46.7 cm³/mol. The largest absolute Gasteiger partial charge is 0.393 e. The quantitative estimate of drug-likeness (QED) is 0.575. The van der Waals surface area contributed by atoms with E-state index in [1.165, 1.54) is 6.42 Å². The van der Waals surface area contributed by atoms with Gasteiger partial charge in [0.1, 0.15) is 0 Å². The highest BCUT2D eigenvalue weighted by Gasteiger charge is 2.47. The fourth-order valence-electron chi connectivity index (χ4n) is 2.93. The topological polar surface area (TPSA) is 40.5 Å². The van der Waals surface area contributed by atoms with Crippen LogP contribution in [0.15, 0.2) is 0 Å². The van der Waals surface area contributed by atoms with Crippen molar-refractivity contribution >= 4 is 0 Å². The number of rotatable bonds is 0. The number of hydrogen-bond donors (Lipinski definition) is 2. The molecule has 0 heterocycles. The van der Waals surface area contributed by atoms with E-state index in [9.17, 15) is 10.2 Å². The Kier molecular flexibility index (Phi) is 1.92. The van der Waals surface area contributed by atoms with Crippen LogP contribution in [-0.4, -0.2) is 22.4 Å². The summed E-state index contributed by atoms with van der Waals surface area (Å²) in [5.74, 6) is 0.164. The predicted octanol–water partition coefficient (Wildman–Crippen LogP) is 1.31. The number of aliphatic hydroxyl groups excluding tert-OH is 2. The Morgan fingerprint density at radius 1 is 1.17 bits per heavy atom. The highest BCUT2D eigenvalue weighted by molar-refractivity contribution is 4.98. The van der Waals surface area contributed by atoms with Crippen molar-refractivity contribution in [1.82, 2.24) is 0 Å². The van der Waals surface area contributed by atoms with Crippen LogP contribution < -0.4 is 0 Å². The lowest BCUT2D eigenvalue weighted by atomic mass is 9.60. The second kappa shape index (κ2) is 2.71. The fraction of sp³-hybridized carbons (Fsp3) is 1.00. The highest BCUT2D eigenvalue weighted by atomic mass is 16.3. The maximum Gasteiger partial charge on any atom is 0.0646 e. The van der Waals surface area contributed by atoms with Gasteiger partial charge >= 0.3 is 0 Å².